The number of nitrogens with two attached hydrogens (primary N) is 1. The molecule has 19 nitrogen and oxygen atoms in total. The third kappa shape index (κ3) is 9.32. The van der Waals surface area contributed by atoms with Crippen molar-refractivity contribution in [3.8, 4) is 28.5 Å². The van der Waals surface area contributed by atoms with Gasteiger partial charge >= 0.3 is 0 Å². The number of aromatic nitrogens is 2. The first kappa shape index (κ1) is 42.0. The van der Waals surface area contributed by atoms with Gasteiger partial charge in [-0.3, -0.25) is 39.0 Å². The molecule has 4 fully saturated rings. The number of carbonyl (C=O) groups excluding carboxylic acids is 6. The molecule has 19 heteroatoms. The molecule has 6 amide bonds. The Morgan fingerprint density at radius 3 is 2.27 bits per heavy atom. The number of nitrogens with one attached hydrogen (secondary N) is 3. The van der Waals surface area contributed by atoms with Crippen molar-refractivity contribution in [2.75, 3.05) is 71.7 Å². The van der Waals surface area contributed by atoms with E-state index in [0.717, 1.165) is 24.2 Å². The van der Waals surface area contributed by atoms with Crippen LogP contribution < -0.4 is 31.2 Å². The zero-order valence-electron chi connectivity index (χ0n) is 32.8. The number of phenols is 1. The summed E-state index contributed by atoms with van der Waals surface area (Å²) < 4.78 is 28.2. The second-order valence-corrected chi connectivity index (χ2v) is 15.1. The molecule has 2 atom stereocenters. The molecule has 3 heterocycles. The van der Waals surface area contributed by atoms with Gasteiger partial charge < -0.3 is 45.2 Å². The summed E-state index contributed by atoms with van der Waals surface area (Å²) in [5.74, 6) is -1.74. The Labute approximate surface area is 344 Å². The second kappa shape index (κ2) is 18.8. The third-order valence-corrected chi connectivity index (χ3v) is 11.2. The first-order valence-electron chi connectivity index (χ1n) is 19.8. The van der Waals surface area contributed by atoms with Crippen LogP contribution >= 0.6 is 0 Å². The van der Waals surface area contributed by atoms with Crippen molar-refractivity contribution in [2.45, 2.75) is 38.1 Å². The molecular formula is C41H47N7O12. The van der Waals surface area contributed by atoms with E-state index in [0.29, 0.717) is 69.1 Å². The molecule has 1 aromatic heterocycles. The van der Waals surface area contributed by atoms with Crippen molar-refractivity contribution in [1.82, 2.24) is 31.0 Å². The van der Waals surface area contributed by atoms with Crippen molar-refractivity contribution < 1.29 is 57.6 Å². The molecule has 318 valence electrons. The van der Waals surface area contributed by atoms with Gasteiger partial charge in [0.25, 0.3) is 17.7 Å². The fourth-order valence-electron chi connectivity index (χ4n) is 8.13. The lowest BCUT2D eigenvalue weighted by Crippen LogP contribution is -2.54. The number of piperidine rings is 1. The van der Waals surface area contributed by atoms with Crippen LogP contribution in [0.3, 0.4) is 0 Å². The normalized spacial score (nSPS) is 21.6. The summed E-state index contributed by atoms with van der Waals surface area (Å²) in [7, 11) is 0. The van der Waals surface area contributed by atoms with Gasteiger partial charge in [0.1, 0.15) is 23.2 Å². The third-order valence-electron chi connectivity index (χ3n) is 11.2. The zero-order chi connectivity index (χ0) is 42.2. The topological polar surface area (TPSA) is 260 Å². The Hall–Kier alpha value is -6.18. The fourth-order valence-corrected chi connectivity index (χ4v) is 8.13. The average molecular weight is 830 g/mol. The number of fused-ring (bicyclic) bond motifs is 2. The first-order valence-corrected chi connectivity index (χ1v) is 19.8. The highest BCUT2D eigenvalue weighted by molar-refractivity contribution is 6.24. The summed E-state index contributed by atoms with van der Waals surface area (Å²) >= 11 is 0. The number of hydrogen-bond acceptors (Lipinski definition) is 15. The average Bonchev–Trinajstić information content (AvgIpc) is 3.86. The van der Waals surface area contributed by atoms with Crippen LogP contribution in [-0.2, 0) is 33.4 Å². The number of anilines is 1. The van der Waals surface area contributed by atoms with Gasteiger partial charge in [-0.2, -0.15) is 0 Å². The van der Waals surface area contributed by atoms with Crippen LogP contribution in [0.25, 0.3) is 11.3 Å². The monoisotopic (exact) mass is 829 g/mol. The molecule has 1 saturated heterocycles. The molecule has 8 rings (SSSR count). The molecular weight excluding hydrogens is 782 g/mol. The Balaban J connectivity index is 0.697. The lowest BCUT2D eigenvalue weighted by molar-refractivity contribution is -0.136. The van der Waals surface area contributed by atoms with Crippen molar-refractivity contribution >= 4 is 41.3 Å². The number of ether oxygens (including phenoxy) is 5. The van der Waals surface area contributed by atoms with Crippen LogP contribution in [0.4, 0.5) is 5.82 Å². The van der Waals surface area contributed by atoms with Gasteiger partial charge in [-0.05, 0) is 61.8 Å². The van der Waals surface area contributed by atoms with Crippen LogP contribution in [0.5, 0.6) is 17.2 Å². The molecule has 0 radical (unpaired) electrons. The number of amides is 6. The minimum Gasteiger partial charge on any atom is -0.507 e. The van der Waals surface area contributed by atoms with Crippen LogP contribution in [0, 0.1) is 17.3 Å². The number of aromatic hydroxyl groups is 1. The molecule has 3 aromatic rings. The summed E-state index contributed by atoms with van der Waals surface area (Å²) in [6.45, 7) is 2.41. The molecule has 3 aliphatic carbocycles. The first-order chi connectivity index (χ1) is 29.0. The number of carbonyl (C=O) groups is 6. The maximum atomic E-state index is 13.2. The van der Waals surface area contributed by atoms with Crippen molar-refractivity contribution in [2.24, 2.45) is 17.3 Å². The summed E-state index contributed by atoms with van der Waals surface area (Å²) in [5, 5.41) is 26.1. The van der Waals surface area contributed by atoms with Gasteiger partial charge in [-0.15, -0.1) is 10.2 Å². The van der Waals surface area contributed by atoms with Gasteiger partial charge in [0.15, 0.2) is 18.2 Å². The van der Waals surface area contributed by atoms with Crippen molar-refractivity contribution in [3.05, 3.63) is 59.7 Å². The summed E-state index contributed by atoms with van der Waals surface area (Å²) in [5.41, 5.74) is 6.63. The van der Waals surface area contributed by atoms with E-state index in [9.17, 15) is 33.9 Å². The number of imide groups is 2. The Kier molecular flexibility index (Phi) is 13.2. The maximum Gasteiger partial charge on any atom is 0.266 e. The number of hydrogen-bond donors (Lipinski definition) is 5. The lowest BCUT2D eigenvalue weighted by Gasteiger charge is -2.37. The van der Waals surface area contributed by atoms with E-state index in [1.54, 1.807) is 30.3 Å². The molecule has 0 spiro atoms. The fraction of sp³-hybridized carbons (Fsp3) is 0.463. The SMILES string of the molecule is Nc1nnc(-c2ccccc2O)cc1OCC1CC2(C(=O)NCCOCCOCCOCCNC(=O)COc3cccc4c3C(=O)N(C3CCC(=O)NC3=O)C4=O)CC1C2. The number of phenolic OH excluding ortho intramolecular Hbond substituents is 1. The number of nitrogens with zero attached hydrogens (tertiary/aromatic N) is 3. The maximum absolute atomic E-state index is 13.2. The standard InChI is InChI=1S/C41H47N7O12/c42-36-32(18-28(46-47-36)26-4-1-2-6-30(26)49)59-22-25-21-41(19-24(25)20-41)40(55)44-11-13-57-15-17-58-16-14-56-12-10-43-34(51)23-60-31-7-3-5-27-35(31)39(54)48(38(27)53)29-8-9-33(50)45-37(29)52/h1-7,18,24-25,29,49H,8-17,19-23H2,(H2,42,47)(H,43,51)(H,44,55)(H,45,50,52). The predicted molar refractivity (Wildman–Crippen MR) is 209 cm³/mol. The van der Waals surface area contributed by atoms with Crippen LogP contribution in [0.15, 0.2) is 48.5 Å². The highest BCUT2D eigenvalue weighted by Gasteiger charge is 2.60. The summed E-state index contributed by atoms with van der Waals surface area (Å²) in [6.07, 6.45) is 2.39. The van der Waals surface area contributed by atoms with E-state index in [1.165, 1.54) is 18.2 Å². The molecule has 2 unspecified atom stereocenters. The molecule has 60 heavy (non-hydrogen) atoms. The van der Waals surface area contributed by atoms with E-state index in [1.807, 2.05) is 0 Å². The van der Waals surface area contributed by atoms with Gasteiger partial charge in [0, 0.05) is 31.1 Å². The van der Waals surface area contributed by atoms with Gasteiger partial charge in [-0.25, -0.2) is 0 Å². The van der Waals surface area contributed by atoms with Gasteiger partial charge in [-0.1, -0.05) is 18.2 Å². The number of nitrogen functional groups attached to an aromatic ring is 1. The Morgan fingerprint density at radius 1 is 0.833 bits per heavy atom. The quantitative estimate of drug-likeness (QED) is 0.0741. The molecule has 5 aliphatic rings. The minimum atomic E-state index is -1.11. The van der Waals surface area contributed by atoms with E-state index in [4.69, 9.17) is 29.4 Å². The van der Waals surface area contributed by atoms with Gasteiger partial charge in [0.05, 0.1) is 62.8 Å². The minimum absolute atomic E-state index is 0.00239. The second-order valence-electron chi connectivity index (χ2n) is 15.1. The zero-order valence-corrected chi connectivity index (χ0v) is 32.8. The molecule has 3 saturated carbocycles. The lowest BCUT2D eigenvalue weighted by atomic mass is 9.68. The van der Waals surface area contributed by atoms with Crippen LogP contribution in [0.1, 0.15) is 52.8 Å². The number of para-hydroxylation sites is 1. The van der Waals surface area contributed by atoms with E-state index >= 15 is 0 Å². The Bertz CT molecular complexity index is 2130. The predicted octanol–water partition coefficient (Wildman–Crippen LogP) is 0.989. The highest BCUT2D eigenvalue weighted by atomic mass is 16.5. The van der Waals surface area contributed by atoms with E-state index in [-0.39, 0.29) is 71.7 Å². The highest BCUT2D eigenvalue weighted by Crippen LogP contribution is 2.62. The smallest absolute Gasteiger partial charge is 0.266 e. The molecule has 2 aliphatic heterocycles. The Morgan fingerprint density at radius 2 is 1.53 bits per heavy atom. The summed E-state index contributed by atoms with van der Waals surface area (Å²) in [4.78, 5) is 76.3. The number of rotatable bonds is 21. The van der Waals surface area contributed by atoms with Crippen LogP contribution in [0.2, 0.25) is 0 Å². The number of benzene rings is 2. The molecule has 6 N–H and O–H groups in total. The molecule has 2 bridgehead atoms. The largest absolute Gasteiger partial charge is 0.507 e. The van der Waals surface area contributed by atoms with E-state index in [2.05, 4.69) is 26.1 Å². The van der Waals surface area contributed by atoms with Crippen molar-refractivity contribution in [1.29, 1.82) is 0 Å². The van der Waals surface area contributed by atoms with Gasteiger partial charge in [0.2, 0.25) is 17.7 Å². The van der Waals surface area contributed by atoms with Crippen LogP contribution in [-0.4, -0.2) is 128 Å². The summed E-state index contributed by atoms with van der Waals surface area (Å²) in [6, 6.07) is 11.8. The van der Waals surface area contributed by atoms with E-state index < -0.39 is 42.2 Å². The van der Waals surface area contributed by atoms with Crippen molar-refractivity contribution in [3.63, 3.8) is 0 Å². The molecule has 2 aromatic carbocycles.